The Hall–Kier alpha value is -1.36. The van der Waals surface area contributed by atoms with Crippen molar-refractivity contribution in [3.63, 3.8) is 0 Å². The van der Waals surface area contributed by atoms with Crippen LogP contribution in [-0.4, -0.2) is 27.8 Å². The second kappa shape index (κ2) is 4.49. The van der Waals surface area contributed by atoms with Gasteiger partial charge in [-0.05, 0) is 31.7 Å². The molecule has 0 aromatic carbocycles. The number of hydrogen-bond acceptors (Lipinski definition) is 3. The van der Waals surface area contributed by atoms with Crippen LogP contribution in [0.25, 0.3) is 0 Å². The van der Waals surface area contributed by atoms with Crippen molar-refractivity contribution in [1.29, 1.82) is 0 Å². The number of aryl methyl sites for hydroxylation is 1. The van der Waals surface area contributed by atoms with Crippen molar-refractivity contribution in [2.45, 2.75) is 31.7 Å². The van der Waals surface area contributed by atoms with Crippen LogP contribution < -0.4 is 11.1 Å². The van der Waals surface area contributed by atoms with Crippen molar-refractivity contribution < 1.29 is 4.79 Å². The molecule has 1 fully saturated rings. The molecule has 1 atom stereocenters. The standard InChI is InChI=1S/C12H20N4O/c1-12(13,9-3-4-9)11(17)14-7-5-10-6-8-15-16(10)2/h6,8-9H,3-5,7,13H2,1-2H3,(H,14,17). The monoisotopic (exact) mass is 236 g/mol. The largest absolute Gasteiger partial charge is 0.354 e. The molecule has 17 heavy (non-hydrogen) atoms. The van der Waals surface area contributed by atoms with Gasteiger partial charge in [0.1, 0.15) is 0 Å². The normalized spacial score (nSPS) is 18.8. The predicted molar refractivity (Wildman–Crippen MR) is 65.2 cm³/mol. The third-order valence-corrected chi connectivity index (χ3v) is 3.50. The lowest BCUT2D eigenvalue weighted by atomic mass is 9.96. The first-order chi connectivity index (χ1) is 8.01. The average molecular weight is 236 g/mol. The van der Waals surface area contributed by atoms with E-state index < -0.39 is 5.54 Å². The molecule has 0 bridgehead atoms. The Morgan fingerprint density at radius 3 is 2.94 bits per heavy atom. The van der Waals surface area contributed by atoms with Crippen LogP contribution in [0.3, 0.4) is 0 Å². The first-order valence-corrected chi connectivity index (χ1v) is 6.06. The fraction of sp³-hybridized carbons (Fsp3) is 0.667. The number of nitrogens with zero attached hydrogens (tertiary/aromatic N) is 2. The highest BCUT2D eigenvalue weighted by Gasteiger charge is 2.43. The molecule has 0 radical (unpaired) electrons. The SMILES string of the molecule is Cn1nccc1CCNC(=O)C(C)(N)C1CC1. The lowest BCUT2D eigenvalue weighted by Gasteiger charge is -2.23. The molecule has 0 spiro atoms. The van der Waals surface area contributed by atoms with E-state index in [0.29, 0.717) is 12.5 Å². The number of amides is 1. The Bertz CT molecular complexity index is 406. The van der Waals surface area contributed by atoms with Gasteiger partial charge < -0.3 is 11.1 Å². The molecule has 1 aromatic heterocycles. The summed E-state index contributed by atoms with van der Waals surface area (Å²) in [4.78, 5) is 11.9. The van der Waals surface area contributed by atoms with Crippen LogP contribution in [0.5, 0.6) is 0 Å². The van der Waals surface area contributed by atoms with E-state index in [2.05, 4.69) is 10.4 Å². The average Bonchev–Trinajstić information content (AvgIpc) is 3.05. The Morgan fingerprint density at radius 2 is 2.41 bits per heavy atom. The van der Waals surface area contributed by atoms with Gasteiger partial charge in [0.2, 0.25) is 5.91 Å². The van der Waals surface area contributed by atoms with Crippen LogP contribution in [0.4, 0.5) is 0 Å². The Labute approximate surface area is 101 Å². The molecule has 1 saturated carbocycles. The summed E-state index contributed by atoms with van der Waals surface area (Å²) in [5, 5.41) is 6.99. The smallest absolute Gasteiger partial charge is 0.240 e. The van der Waals surface area contributed by atoms with Crippen LogP contribution in [0.2, 0.25) is 0 Å². The molecule has 94 valence electrons. The number of carbonyl (C=O) groups is 1. The van der Waals surface area contributed by atoms with Crippen LogP contribution in [-0.2, 0) is 18.3 Å². The van der Waals surface area contributed by atoms with E-state index in [9.17, 15) is 4.79 Å². The van der Waals surface area contributed by atoms with Crippen molar-refractivity contribution in [2.24, 2.45) is 18.7 Å². The van der Waals surface area contributed by atoms with Gasteiger partial charge in [0.25, 0.3) is 0 Å². The van der Waals surface area contributed by atoms with E-state index in [1.54, 1.807) is 6.20 Å². The molecular weight excluding hydrogens is 216 g/mol. The summed E-state index contributed by atoms with van der Waals surface area (Å²) in [5.41, 5.74) is 6.43. The first kappa shape index (κ1) is 12.1. The minimum Gasteiger partial charge on any atom is -0.354 e. The van der Waals surface area contributed by atoms with E-state index in [1.807, 2.05) is 24.7 Å². The van der Waals surface area contributed by atoms with Gasteiger partial charge in [0.05, 0.1) is 5.54 Å². The van der Waals surface area contributed by atoms with Crippen molar-refractivity contribution in [2.75, 3.05) is 6.54 Å². The molecule has 1 aliphatic rings. The highest BCUT2D eigenvalue weighted by molar-refractivity contribution is 5.86. The first-order valence-electron chi connectivity index (χ1n) is 6.06. The van der Waals surface area contributed by atoms with Crippen LogP contribution in [0, 0.1) is 5.92 Å². The summed E-state index contributed by atoms with van der Waals surface area (Å²) < 4.78 is 1.81. The Balaban J connectivity index is 1.79. The van der Waals surface area contributed by atoms with E-state index in [1.165, 1.54) is 0 Å². The fourth-order valence-electron chi connectivity index (χ4n) is 2.01. The van der Waals surface area contributed by atoms with Crippen molar-refractivity contribution in [1.82, 2.24) is 15.1 Å². The van der Waals surface area contributed by atoms with Gasteiger partial charge in [-0.1, -0.05) is 0 Å². The summed E-state index contributed by atoms with van der Waals surface area (Å²) >= 11 is 0. The van der Waals surface area contributed by atoms with Crippen molar-refractivity contribution in [3.05, 3.63) is 18.0 Å². The maximum atomic E-state index is 11.9. The van der Waals surface area contributed by atoms with E-state index >= 15 is 0 Å². The van der Waals surface area contributed by atoms with Gasteiger partial charge in [0, 0.05) is 31.9 Å². The third kappa shape index (κ3) is 2.66. The van der Waals surface area contributed by atoms with Gasteiger partial charge in [-0.3, -0.25) is 9.48 Å². The molecule has 0 saturated heterocycles. The zero-order valence-electron chi connectivity index (χ0n) is 10.4. The number of hydrogen-bond donors (Lipinski definition) is 2. The lowest BCUT2D eigenvalue weighted by molar-refractivity contribution is -0.126. The molecule has 5 heteroatoms. The molecule has 1 heterocycles. The van der Waals surface area contributed by atoms with Gasteiger partial charge in [-0.25, -0.2) is 0 Å². The number of nitrogens with two attached hydrogens (primary N) is 1. The second-order valence-electron chi connectivity index (χ2n) is 5.01. The summed E-state index contributed by atoms with van der Waals surface area (Å²) in [5.74, 6) is 0.321. The fourth-order valence-corrected chi connectivity index (χ4v) is 2.01. The maximum Gasteiger partial charge on any atom is 0.240 e. The molecule has 5 nitrogen and oxygen atoms in total. The van der Waals surface area contributed by atoms with Crippen LogP contribution in [0.1, 0.15) is 25.5 Å². The predicted octanol–water partition coefficient (Wildman–Crippen LogP) is 0.206. The van der Waals surface area contributed by atoms with Crippen molar-refractivity contribution in [3.8, 4) is 0 Å². The van der Waals surface area contributed by atoms with Crippen LogP contribution in [0.15, 0.2) is 12.3 Å². The number of nitrogens with one attached hydrogen (secondary N) is 1. The summed E-state index contributed by atoms with van der Waals surface area (Å²) in [7, 11) is 1.90. The number of rotatable bonds is 5. The second-order valence-corrected chi connectivity index (χ2v) is 5.01. The highest BCUT2D eigenvalue weighted by atomic mass is 16.2. The van der Waals surface area contributed by atoms with E-state index in [0.717, 1.165) is 25.0 Å². The Kier molecular flexibility index (Phi) is 3.19. The number of carbonyl (C=O) groups excluding carboxylic acids is 1. The molecule has 1 aliphatic carbocycles. The van der Waals surface area contributed by atoms with Crippen molar-refractivity contribution >= 4 is 5.91 Å². The summed E-state index contributed by atoms with van der Waals surface area (Å²) in [6.07, 6.45) is 4.68. The maximum absolute atomic E-state index is 11.9. The quantitative estimate of drug-likeness (QED) is 0.767. The molecule has 2 rings (SSSR count). The van der Waals surface area contributed by atoms with Gasteiger partial charge in [-0.15, -0.1) is 0 Å². The van der Waals surface area contributed by atoms with Gasteiger partial charge >= 0.3 is 0 Å². The zero-order chi connectivity index (χ0) is 12.5. The minimum absolute atomic E-state index is 0.0397. The van der Waals surface area contributed by atoms with Gasteiger partial charge in [-0.2, -0.15) is 5.10 Å². The molecule has 1 unspecified atom stereocenters. The summed E-state index contributed by atoms with van der Waals surface area (Å²) in [6.45, 7) is 2.43. The van der Waals surface area contributed by atoms with E-state index in [-0.39, 0.29) is 5.91 Å². The third-order valence-electron chi connectivity index (χ3n) is 3.50. The molecule has 0 aliphatic heterocycles. The van der Waals surface area contributed by atoms with Gasteiger partial charge in [0.15, 0.2) is 0 Å². The topological polar surface area (TPSA) is 72.9 Å². The van der Waals surface area contributed by atoms with E-state index in [4.69, 9.17) is 5.73 Å². The van der Waals surface area contributed by atoms with Crippen LogP contribution >= 0.6 is 0 Å². The Morgan fingerprint density at radius 1 is 1.71 bits per heavy atom. The molecular formula is C12H20N4O. The summed E-state index contributed by atoms with van der Waals surface area (Å²) in [6, 6.07) is 1.95. The molecule has 1 aromatic rings. The molecule has 1 amide bonds. The lowest BCUT2D eigenvalue weighted by Crippen LogP contribution is -2.53. The highest BCUT2D eigenvalue weighted by Crippen LogP contribution is 2.38. The molecule has 3 N–H and O–H groups in total. The number of aromatic nitrogens is 2. The zero-order valence-corrected chi connectivity index (χ0v) is 10.4. The minimum atomic E-state index is -0.702.